The van der Waals surface area contributed by atoms with Crippen molar-refractivity contribution in [2.75, 3.05) is 12.5 Å². The van der Waals surface area contributed by atoms with Crippen LogP contribution in [0.3, 0.4) is 0 Å². The van der Waals surface area contributed by atoms with Gasteiger partial charge in [-0.3, -0.25) is 9.36 Å². The molecule has 3 N–H and O–H groups in total. The second-order valence-corrected chi connectivity index (χ2v) is 6.40. The summed E-state index contributed by atoms with van der Waals surface area (Å²) in [5.74, 6) is -5.77. The smallest absolute Gasteiger partial charge is 0.369 e. The Morgan fingerprint density at radius 2 is 1.86 bits per heavy atom. The van der Waals surface area contributed by atoms with Crippen molar-refractivity contribution in [3.05, 3.63) is 0 Å². The van der Waals surface area contributed by atoms with Crippen LogP contribution in [0.4, 0.5) is 0 Å². The van der Waals surface area contributed by atoms with Crippen LogP contribution < -0.4 is 0 Å². The summed E-state index contributed by atoms with van der Waals surface area (Å²) < 4.78 is 21.6. The summed E-state index contributed by atoms with van der Waals surface area (Å²) in [5.41, 5.74) is 0. The van der Waals surface area contributed by atoms with Crippen LogP contribution in [0, 0.1) is 5.92 Å². The number of carboxylic acid groups (broad SMARTS) is 1. The van der Waals surface area contributed by atoms with Crippen LogP contribution >= 0.6 is 19.2 Å². The molecule has 0 bridgehead atoms. The van der Waals surface area contributed by atoms with E-state index < -0.39 is 42.8 Å². The SMILES string of the molecule is CCOC(C(=O)OC(C)CC)(C(CCl)C(=O)O)P(=O)(O)O. The molecule has 0 aromatic rings. The van der Waals surface area contributed by atoms with Gasteiger partial charge in [-0.2, -0.15) is 0 Å². The Balaban J connectivity index is 5.99. The van der Waals surface area contributed by atoms with Gasteiger partial charge in [0.1, 0.15) is 5.92 Å². The number of carbonyl (C=O) groups is 2. The zero-order valence-electron chi connectivity index (χ0n) is 12.0. The summed E-state index contributed by atoms with van der Waals surface area (Å²) in [7, 11) is -5.33. The van der Waals surface area contributed by atoms with Gasteiger partial charge in [0.05, 0.1) is 6.10 Å². The van der Waals surface area contributed by atoms with Crippen molar-refractivity contribution in [1.82, 2.24) is 0 Å². The minimum atomic E-state index is -5.33. The molecule has 0 spiro atoms. The quantitative estimate of drug-likeness (QED) is 0.322. The molecule has 21 heavy (non-hydrogen) atoms. The molecule has 0 saturated heterocycles. The van der Waals surface area contributed by atoms with Gasteiger partial charge in [-0.1, -0.05) is 6.92 Å². The molecule has 0 aliphatic heterocycles. The minimum Gasteiger partial charge on any atom is -0.481 e. The van der Waals surface area contributed by atoms with E-state index >= 15 is 0 Å². The average molecular weight is 347 g/mol. The molecule has 0 aliphatic rings. The number of ether oxygens (including phenoxy) is 2. The first-order valence-corrected chi connectivity index (χ1v) is 8.42. The average Bonchev–Trinajstić information content (AvgIpc) is 2.36. The first-order valence-electron chi connectivity index (χ1n) is 6.27. The molecule has 0 fully saturated rings. The lowest BCUT2D eigenvalue weighted by Gasteiger charge is -2.35. The van der Waals surface area contributed by atoms with Crippen molar-refractivity contribution >= 4 is 31.1 Å². The lowest BCUT2D eigenvalue weighted by Crippen LogP contribution is -2.53. The van der Waals surface area contributed by atoms with Crippen molar-refractivity contribution < 1.29 is 38.5 Å². The topological polar surface area (TPSA) is 130 Å². The van der Waals surface area contributed by atoms with Gasteiger partial charge in [0.2, 0.25) is 0 Å². The van der Waals surface area contributed by atoms with Crippen molar-refractivity contribution in [1.29, 1.82) is 0 Å². The number of esters is 1. The Morgan fingerprint density at radius 3 is 2.14 bits per heavy atom. The highest BCUT2D eigenvalue weighted by Gasteiger charge is 2.64. The molecule has 0 aromatic carbocycles. The van der Waals surface area contributed by atoms with E-state index in [-0.39, 0.29) is 6.61 Å². The number of alkyl halides is 1. The predicted octanol–water partition coefficient (Wildman–Crippen LogP) is 1.18. The Bertz CT molecular complexity index is 422. The number of rotatable bonds is 9. The lowest BCUT2D eigenvalue weighted by molar-refractivity contribution is -0.179. The van der Waals surface area contributed by atoms with Crippen LogP contribution in [0.5, 0.6) is 0 Å². The van der Waals surface area contributed by atoms with Crippen molar-refractivity contribution in [2.45, 2.75) is 38.6 Å². The van der Waals surface area contributed by atoms with Gasteiger partial charge in [0, 0.05) is 12.5 Å². The molecule has 3 unspecified atom stereocenters. The summed E-state index contributed by atoms with van der Waals surface area (Å²) in [5, 5.41) is 6.16. The number of hydrogen-bond acceptors (Lipinski definition) is 5. The molecule has 0 rings (SSSR count). The lowest BCUT2D eigenvalue weighted by atomic mass is 10.0. The maximum atomic E-state index is 12.2. The third-order valence-electron chi connectivity index (χ3n) is 2.90. The van der Waals surface area contributed by atoms with E-state index in [9.17, 15) is 23.9 Å². The summed E-state index contributed by atoms with van der Waals surface area (Å²) in [6, 6.07) is 0. The second kappa shape index (κ2) is 8.10. The normalized spacial score (nSPS) is 17.6. The molecular weight excluding hydrogens is 327 g/mol. The zero-order chi connectivity index (χ0) is 16.8. The van der Waals surface area contributed by atoms with Crippen LogP contribution in [-0.4, -0.2) is 50.8 Å². The number of aliphatic carboxylic acids is 1. The van der Waals surface area contributed by atoms with Gasteiger partial charge in [0.15, 0.2) is 0 Å². The van der Waals surface area contributed by atoms with E-state index in [2.05, 4.69) is 0 Å². The van der Waals surface area contributed by atoms with Crippen LogP contribution in [-0.2, 0) is 23.6 Å². The molecule has 0 amide bonds. The van der Waals surface area contributed by atoms with Crippen molar-refractivity contribution in [3.8, 4) is 0 Å². The highest BCUT2D eigenvalue weighted by Crippen LogP contribution is 2.56. The standard InChI is InChI=1S/C11H20ClO8P/c1-4-7(3)20-10(15)11(19-5-2,21(16,17)18)8(6-12)9(13)14/h7-8H,4-6H2,1-3H3,(H,13,14)(H2,16,17,18). The van der Waals surface area contributed by atoms with Gasteiger partial charge in [0.25, 0.3) is 5.34 Å². The van der Waals surface area contributed by atoms with Gasteiger partial charge >= 0.3 is 19.5 Å². The number of carbonyl (C=O) groups excluding carboxylic acids is 1. The highest BCUT2D eigenvalue weighted by atomic mass is 35.5. The summed E-state index contributed by atoms with van der Waals surface area (Å²) >= 11 is 5.49. The van der Waals surface area contributed by atoms with Crippen LogP contribution in [0.15, 0.2) is 0 Å². The van der Waals surface area contributed by atoms with Gasteiger partial charge in [-0.15, -0.1) is 11.6 Å². The molecule has 0 aromatic heterocycles. The van der Waals surface area contributed by atoms with E-state index in [0.29, 0.717) is 6.42 Å². The van der Waals surface area contributed by atoms with E-state index in [4.69, 9.17) is 26.2 Å². The van der Waals surface area contributed by atoms with Gasteiger partial charge in [-0.25, -0.2) is 4.79 Å². The number of hydrogen-bond donors (Lipinski definition) is 3. The monoisotopic (exact) mass is 346 g/mol. The molecule has 3 atom stereocenters. The molecule has 10 heteroatoms. The summed E-state index contributed by atoms with van der Waals surface area (Å²) in [6.45, 7) is 4.26. The molecule has 0 heterocycles. The Labute approximate surface area is 127 Å². The largest absolute Gasteiger partial charge is 0.481 e. The Morgan fingerprint density at radius 1 is 1.33 bits per heavy atom. The van der Waals surface area contributed by atoms with Crippen LogP contribution in [0.1, 0.15) is 27.2 Å². The molecule has 8 nitrogen and oxygen atoms in total. The fourth-order valence-corrected chi connectivity index (χ4v) is 3.27. The van der Waals surface area contributed by atoms with Crippen LogP contribution in [0.2, 0.25) is 0 Å². The number of carboxylic acids is 1. The molecule has 0 aliphatic carbocycles. The predicted molar refractivity (Wildman–Crippen MR) is 74.1 cm³/mol. The first-order chi connectivity index (χ1) is 9.58. The third kappa shape index (κ3) is 4.40. The van der Waals surface area contributed by atoms with E-state index in [1.807, 2.05) is 0 Å². The molecule has 0 saturated carbocycles. The minimum absolute atomic E-state index is 0.304. The fraction of sp³-hybridized carbons (Fsp3) is 0.818. The first kappa shape index (κ1) is 20.3. The maximum absolute atomic E-state index is 12.2. The van der Waals surface area contributed by atoms with E-state index in [0.717, 1.165) is 0 Å². The third-order valence-corrected chi connectivity index (χ3v) is 4.69. The summed E-state index contributed by atoms with van der Waals surface area (Å²) in [4.78, 5) is 42.5. The molecule has 0 radical (unpaired) electrons. The second-order valence-electron chi connectivity index (χ2n) is 4.34. The van der Waals surface area contributed by atoms with Gasteiger partial charge < -0.3 is 24.4 Å². The fourth-order valence-electron chi connectivity index (χ4n) is 1.62. The molecular formula is C11H20ClO8P. The van der Waals surface area contributed by atoms with Gasteiger partial charge in [-0.05, 0) is 20.3 Å². The maximum Gasteiger partial charge on any atom is 0.369 e. The highest BCUT2D eigenvalue weighted by molar-refractivity contribution is 7.54. The van der Waals surface area contributed by atoms with E-state index in [1.54, 1.807) is 6.92 Å². The Kier molecular flexibility index (Phi) is 7.84. The zero-order valence-corrected chi connectivity index (χ0v) is 13.6. The number of halogens is 1. The van der Waals surface area contributed by atoms with Crippen molar-refractivity contribution in [2.24, 2.45) is 5.92 Å². The van der Waals surface area contributed by atoms with Crippen LogP contribution in [0.25, 0.3) is 0 Å². The summed E-state index contributed by atoms with van der Waals surface area (Å²) in [6.07, 6.45) is -0.276. The van der Waals surface area contributed by atoms with E-state index in [1.165, 1.54) is 13.8 Å². The van der Waals surface area contributed by atoms with Crippen molar-refractivity contribution in [3.63, 3.8) is 0 Å². The Hall–Kier alpha value is -0.660. The molecule has 124 valence electrons.